The molecule has 1 atom stereocenters. The Balaban J connectivity index is 2.55. The van der Waals surface area contributed by atoms with Gasteiger partial charge in [0.1, 0.15) is 0 Å². The van der Waals surface area contributed by atoms with Gasteiger partial charge in [0.2, 0.25) is 0 Å². The minimum absolute atomic E-state index is 0.274. The van der Waals surface area contributed by atoms with Crippen LogP contribution >= 0.6 is 0 Å². The fourth-order valence-corrected chi connectivity index (χ4v) is 0.684. The molecule has 0 bridgehead atoms. The Hall–Kier alpha value is -1.03. The Morgan fingerprint density at radius 3 is 2.78 bits per heavy atom. The Morgan fingerprint density at radius 1 is 1.78 bits per heavy atom. The van der Waals surface area contributed by atoms with E-state index in [1.807, 2.05) is 26.1 Å². The van der Waals surface area contributed by atoms with Crippen LogP contribution in [0.3, 0.4) is 0 Å². The summed E-state index contributed by atoms with van der Waals surface area (Å²) >= 11 is 0. The molecular formula is C8H9N. The lowest BCUT2D eigenvalue weighted by atomic mass is 10.1. The summed E-state index contributed by atoms with van der Waals surface area (Å²) in [6.45, 7) is 3.96. The van der Waals surface area contributed by atoms with Gasteiger partial charge in [0.25, 0.3) is 0 Å². The summed E-state index contributed by atoms with van der Waals surface area (Å²) < 4.78 is 0. The van der Waals surface area contributed by atoms with Crippen LogP contribution in [-0.2, 0) is 0 Å². The first-order valence-electron chi connectivity index (χ1n) is 3.04. The molecule has 0 N–H and O–H groups in total. The lowest BCUT2D eigenvalue weighted by molar-refractivity contribution is 0.888. The van der Waals surface area contributed by atoms with Crippen molar-refractivity contribution in [3.63, 3.8) is 0 Å². The van der Waals surface area contributed by atoms with Gasteiger partial charge in [-0.2, -0.15) is 0 Å². The maximum absolute atomic E-state index is 4.15. The molecule has 1 aliphatic rings. The Morgan fingerprint density at radius 2 is 2.44 bits per heavy atom. The summed E-state index contributed by atoms with van der Waals surface area (Å²) in [5.41, 5.74) is 6.89. The second-order valence-electron chi connectivity index (χ2n) is 1.95. The molecule has 0 aromatic heterocycles. The van der Waals surface area contributed by atoms with Crippen molar-refractivity contribution in [1.82, 2.24) is 0 Å². The zero-order valence-corrected chi connectivity index (χ0v) is 5.68. The summed E-state index contributed by atoms with van der Waals surface area (Å²) in [5, 5.41) is 0. The van der Waals surface area contributed by atoms with E-state index in [-0.39, 0.29) is 6.04 Å². The molecule has 0 aromatic carbocycles. The van der Waals surface area contributed by atoms with E-state index in [9.17, 15) is 0 Å². The molecule has 0 spiro atoms. The van der Waals surface area contributed by atoms with Crippen molar-refractivity contribution in [2.24, 2.45) is 4.99 Å². The molecule has 0 fully saturated rings. The molecule has 1 rings (SSSR count). The van der Waals surface area contributed by atoms with E-state index in [2.05, 4.69) is 16.5 Å². The van der Waals surface area contributed by atoms with Crippen molar-refractivity contribution in [3.05, 3.63) is 23.1 Å². The van der Waals surface area contributed by atoms with Crippen molar-refractivity contribution < 1.29 is 0 Å². The molecule has 1 aliphatic carbocycles. The first-order chi connectivity index (χ1) is 4.34. The quantitative estimate of drug-likeness (QED) is 0.387. The molecular weight excluding hydrogens is 110 g/mol. The standard InChI is InChI=1S/C8H9N/c1-3-9-7(2)8-5-4-6-8/h3,5,7H,1-2H3. The number of aliphatic imine (C=N–C) groups is 1. The van der Waals surface area contributed by atoms with Crippen LogP contribution in [0.4, 0.5) is 0 Å². The van der Waals surface area contributed by atoms with Crippen LogP contribution in [0.1, 0.15) is 13.8 Å². The zero-order valence-electron chi connectivity index (χ0n) is 5.68. The normalized spacial score (nSPS) is 17.8. The second kappa shape index (κ2) is 2.50. The molecule has 0 radical (unpaired) electrons. The summed E-state index contributed by atoms with van der Waals surface area (Å²) in [6.07, 6.45) is 3.73. The minimum atomic E-state index is 0.274. The summed E-state index contributed by atoms with van der Waals surface area (Å²) in [6, 6.07) is 0.274. The summed E-state index contributed by atoms with van der Waals surface area (Å²) in [5.74, 6) is 0. The van der Waals surface area contributed by atoms with Crippen molar-refractivity contribution in [2.75, 3.05) is 0 Å². The molecule has 0 aromatic rings. The van der Waals surface area contributed by atoms with Gasteiger partial charge >= 0.3 is 0 Å². The highest BCUT2D eigenvalue weighted by Gasteiger charge is 2.03. The fourth-order valence-electron chi connectivity index (χ4n) is 0.684. The molecule has 1 heteroatoms. The molecule has 0 aliphatic heterocycles. The van der Waals surface area contributed by atoms with Gasteiger partial charge in [0.15, 0.2) is 0 Å². The number of nitrogens with zero attached hydrogens (tertiary/aromatic N) is 1. The van der Waals surface area contributed by atoms with Gasteiger partial charge < -0.3 is 0 Å². The maximum atomic E-state index is 4.15. The van der Waals surface area contributed by atoms with Crippen LogP contribution in [0.5, 0.6) is 0 Å². The average Bonchev–Trinajstić information content (AvgIpc) is 1.60. The molecule has 0 saturated carbocycles. The summed E-state index contributed by atoms with van der Waals surface area (Å²) in [7, 11) is 0. The van der Waals surface area contributed by atoms with Gasteiger partial charge in [-0.05, 0) is 20.1 Å². The van der Waals surface area contributed by atoms with Gasteiger partial charge in [-0.25, -0.2) is 0 Å². The van der Waals surface area contributed by atoms with E-state index in [0.29, 0.717) is 0 Å². The van der Waals surface area contributed by atoms with E-state index in [1.165, 1.54) is 0 Å². The smallest absolute Gasteiger partial charge is 0.0801 e. The monoisotopic (exact) mass is 119 g/mol. The maximum Gasteiger partial charge on any atom is 0.0801 e. The first kappa shape index (κ1) is 6.10. The predicted molar refractivity (Wildman–Crippen MR) is 38.7 cm³/mol. The third-order valence-corrected chi connectivity index (χ3v) is 1.27. The predicted octanol–water partition coefficient (Wildman–Crippen LogP) is 1.72. The van der Waals surface area contributed by atoms with Crippen LogP contribution in [0.25, 0.3) is 0 Å². The van der Waals surface area contributed by atoms with Gasteiger partial charge in [-0.3, -0.25) is 4.99 Å². The number of hydrogen-bond acceptors (Lipinski definition) is 1. The van der Waals surface area contributed by atoms with Gasteiger partial charge in [-0.1, -0.05) is 11.5 Å². The van der Waals surface area contributed by atoms with Crippen LogP contribution in [0.15, 0.2) is 28.1 Å². The van der Waals surface area contributed by atoms with Gasteiger partial charge in [0, 0.05) is 11.6 Å². The lowest BCUT2D eigenvalue weighted by Crippen LogP contribution is -2.01. The number of rotatable bonds is 2. The Labute approximate surface area is 55.1 Å². The lowest BCUT2D eigenvalue weighted by Gasteiger charge is -2.04. The zero-order chi connectivity index (χ0) is 6.69. The molecule has 0 saturated heterocycles. The van der Waals surface area contributed by atoms with E-state index in [4.69, 9.17) is 0 Å². The summed E-state index contributed by atoms with van der Waals surface area (Å²) in [4.78, 5) is 4.15. The molecule has 0 heterocycles. The Bertz CT molecular complexity index is 223. The largest absolute Gasteiger partial charge is 0.289 e. The topological polar surface area (TPSA) is 12.4 Å². The van der Waals surface area contributed by atoms with Crippen LogP contribution in [-0.4, -0.2) is 12.3 Å². The van der Waals surface area contributed by atoms with E-state index < -0.39 is 0 Å². The molecule has 1 nitrogen and oxygen atoms in total. The molecule has 46 valence electrons. The van der Waals surface area contributed by atoms with Crippen molar-refractivity contribution in [3.8, 4) is 0 Å². The van der Waals surface area contributed by atoms with Crippen LogP contribution in [0, 0.1) is 0 Å². The van der Waals surface area contributed by atoms with Crippen molar-refractivity contribution >= 4 is 6.21 Å². The number of hydrogen-bond donors (Lipinski definition) is 0. The van der Waals surface area contributed by atoms with Gasteiger partial charge in [0.05, 0.1) is 6.04 Å². The van der Waals surface area contributed by atoms with Crippen molar-refractivity contribution in [1.29, 1.82) is 0 Å². The highest BCUT2D eigenvalue weighted by Crippen LogP contribution is 2.08. The fraction of sp³-hybridized carbons (Fsp3) is 0.375. The third kappa shape index (κ3) is 1.20. The SMILES string of the molecule is CC=NC(C)C1=C=C=C1. The van der Waals surface area contributed by atoms with Crippen molar-refractivity contribution in [2.45, 2.75) is 19.9 Å². The average molecular weight is 119 g/mol. The van der Waals surface area contributed by atoms with Gasteiger partial charge in [-0.15, -0.1) is 0 Å². The minimum Gasteiger partial charge on any atom is -0.289 e. The van der Waals surface area contributed by atoms with E-state index in [1.54, 1.807) is 0 Å². The van der Waals surface area contributed by atoms with Crippen LogP contribution < -0.4 is 0 Å². The molecule has 9 heavy (non-hydrogen) atoms. The third-order valence-electron chi connectivity index (χ3n) is 1.27. The van der Waals surface area contributed by atoms with E-state index >= 15 is 0 Å². The van der Waals surface area contributed by atoms with E-state index in [0.717, 1.165) is 5.57 Å². The first-order valence-corrected chi connectivity index (χ1v) is 3.04. The van der Waals surface area contributed by atoms with Crippen LogP contribution in [0.2, 0.25) is 0 Å². The molecule has 1 unspecified atom stereocenters. The highest BCUT2D eigenvalue weighted by molar-refractivity contribution is 5.54. The molecule has 0 amide bonds. The highest BCUT2D eigenvalue weighted by atomic mass is 14.7. The Kier molecular flexibility index (Phi) is 1.69. The second-order valence-corrected chi connectivity index (χ2v) is 1.95.